The Kier molecular flexibility index (Phi) is 10.9. The molecule has 0 unspecified atom stereocenters. The maximum Gasteiger partial charge on any atom is 0.251 e. The fourth-order valence-corrected chi connectivity index (χ4v) is 2.27. The molecule has 0 aliphatic heterocycles. The molecule has 2 aromatic rings. The summed E-state index contributed by atoms with van der Waals surface area (Å²) >= 11 is 0. The summed E-state index contributed by atoms with van der Waals surface area (Å²) < 4.78 is 1.88. The summed E-state index contributed by atoms with van der Waals surface area (Å²) in [4.78, 5) is 16.5. The van der Waals surface area contributed by atoms with Crippen molar-refractivity contribution in [3.63, 3.8) is 0 Å². The van der Waals surface area contributed by atoms with E-state index in [2.05, 4.69) is 26.0 Å². The largest absolute Gasteiger partial charge is 0.508 e. The molecule has 0 atom stereocenters. The van der Waals surface area contributed by atoms with Crippen molar-refractivity contribution in [1.29, 1.82) is 0 Å². The van der Waals surface area contributed by atoms with Crippen molar-refractivity contribution in [2.75, 3.05) is 26.2 Å². The lowest BCUT2D eigenvalue weighted by molar-refractivity contribution is 0.0954. The second-order valence-electron chi connectivity index (χ2n) is 5.61. The predicted molar refractivity (Wildman–Crippen MR) is 117 cm³/mol. The molecule has 0 bridgehead atoms. The first-order valence-corrected chi connectivity index (χ1v) is 8.76. The van der Waals surface area contributed by atoms with Gasteiger partial charge in [-0.2, -0.15) is 5.10 Å². The molecule has 1 aromatic carbocycles. The lowest BCUT2D eigenvalue weighted by atomic mass is 10.2. The van der Waals surface area contributed by atoms with Crippen molar-refractivity contribution in [3.8, 4) is 5.75 Å². The van der Waals surface area contributed by atoms with E-state index in [1.807, 2.05) is 23.9 Å². The Morgan fingerprint density at radius 2 is 1.93 bits per heavy atom. The Labute approximate surface area is 176 Å². The minimum atomic E-state index is -0.173. The summed E-state index contributed by atoms with van der Waals surface area (Å²) in [5, 5.41) is 22.6. The number of amides is 1. The SMILES string of the molecule is CCNC(=NCCCn1cccn1)NCCNC(=O)c1ccc(O)cc1.I. The van der Waals surface area contributed by atoms with E-state index in [0.29, 0.717) is 25.2 Å². The van der Waals surface area contributed by atoms with Gasteiger partial charge in [0, 0.05) is 50.7 Å². The van der Waals surface area contributed by atoms with Gasteiger partial charge in [0.25, 0.3) is 5.91 Å². The lowest BCUT2D eigenvalue weighted by Crippen LogP contribution is -2.41. The number of aliphatic imine (C=N–C) groups is 1. The zero-order valence-corrected chi connectivity index (χ0v) is 17.7. The lowest BCUT2D eigenvalue weighted by Gasteiger charge is -2.12. The summed E-state index contributed by atoms with van der Waals surface area (Å²) in [5.41, 5.74) is 0.516. The molecule has 2 rings (SSSR count). The van der Waals surface area contributed by atoms with Crippen molar-refractivity contribution >= 4 is 35.8 Å². The van der Waals surface area contributed by atoms with E-state index in [4.69, 9.17) is 0 Å². The van der Waals surface area contributed by atoms with Crippen LogP contribution in [0.5, 0.6) is 5.75 Å². The summed E-state index contributed by atoms with van der Waals surface area (Å²) in [6, 6.07) is 8.06. The minimum absolute atomic E-state index is 0. The van der Waals surface area contributed by atoms with Gasteiger partial charge in [-0.3, -0.25) is 14.5 Å². The van der Waals surface area contributed by atoms with Crippen LogP contribution in [0.2, 0.25) is 0 Å². The zero-order chi connectivity index (χ0) is 18.6. The number of hydrogen-bond donors (Lipinski definition) is 4. The standard InChI is InChI=1S/C18H26N6O2.HI/c1-2-19-18(21-9-3-13-24-14-4-10-23-24)22-12-11-20-17(26)15-5-7-16(25)8-6-15;/h4-8,10,14,25H,2-3,9,11-13H2,1H3,(H,20,26)(H2,19,21,22);1H. The highest BCUT2D eigenvalue weighted by Crippen LogP contribution is 2.09. The third kappa shape index (κ3) is 8.76. The third-order valence-electron chi connectivity index (χ3n) is 3.55. The number of halogens is 1. The molecule has 0 saturated heterocycles. The number of hydrogen-bond acceptors (Lipinski definition) is 4. The maximum atomic E-state index is 12.0. The average molecular weight is 486 g/mol. The van der Waals surface area contributed by atoms with E-state index in [9.17, 15) is 9.90 Å². The molecular formula is C18H27IN6O2. The van der Waals surface area contributed by atoms with Crippen LogP contribution in [0.4, 0.5) is 0 Å². The number of nitrogens with one attached hydrogen (secondary N) is 3. The molecule has 0 saturated carbocycles. The quantitative estimate of drug-likeness (QED) is 0.187. The van der Waals surface area contributed by atoms with E-state index in [0.717, 1.165) is 25.5 Å². The van der Waals surface area contributed by atoms with Crippen molar-refractivity contribution in [2.45, 2.75) is 19.9 Å². The number of phenols is 1. The van der Waals surface area contributed by atoms with Crippen LogP contribution in [0.15, 0.2) is 47.7 Å². The van der Waals surface area contributed by atoms with Gasteiger partial charge >= 0.3 is 0 Å². The molecule has 9 heteroatoms. The number of guanidine groups is 1. The van der Waals surface area contributed by atoms with E-state index in [-0.39, 0.29) is 35.6 Å². The van der Waals surface area contributed by atoms with Crippen LogP contribution in [0, 0.1) is 0 Å². The normalized spacial score (nSPS) is 10.8. The van der Waals surface area contributed by atoms with Crippen molar-refractivity contribution in [3.05, 3.63) is 48.3 Å². The highest BCUT2D eigenvalue weighted by molar-refractivity contribution is 14.0. The van der Waals surface area contributed by atoms with Gasteiger partial charge in [0.2, 0.25) is 0 Å². The number of carbonyl (C=O) groups excluding carboxylic acids is 1. The van der Waals surface area contributed by atoms with Crippen LogP contribution in [0.3, 0.4) is 0 Å². The monoisotopic (exact) mass is 486 g/mol. The van der Waals surface area contributed by atoms with Gasteiger partial charge in [0.05, 0.1) is 0 Å². The van der Waals surface area contributed by atoms with E-state index < -0.39 is 0 Å². The van der Waals surface area contributed by atoms with Crippen LogP contribution in [-0.2, 0) is 6.54 Å². The first-order valence-electron chi connectivity index (χ1n) is 8.76. The molecule has 1 aromatic heterocycles. The molecule has 148 valence electrons. The van der Waals surface area contributed by atoms with Gasteiger partial charge in [-0.25, -0.2) is 0 Å². The molecule has 8 nitrogen and oxygen atoms in total. The van der Waals surface area contributed by atoms with Crippen LogP contribution >= 0.6 is 24.0 Å². The van der Waals surface area contributed by atoms with Gasteiger partial charge in [0.15, 0.2) is 5.96 Å². The minimum Gasteiger partial charge on any atom is -0.508 e. The number of aryl methyl sites for hydroxylation is 1. The van der Waals surface area contributed by atoms with Gasteiger partial charge < -0.3 is 21.1 Å². The Balaban J connectivity index is 0.00000364. The molecule has 27 heavy (non-hydrogen) atoms. The highest BCUT2D eigenvalue weighted by atomic mass is 127. The number of aromatic hydroxyl groups is 1. The smallest absolute Gasteiger partial charge is 0.251 e. The average Bonchev–Trinajstić information content (AvgIpc) is 3.16. The summed E-state index contributed by atoms with van der Waals surface area (Å²) in [6.45, 7) is 5.33. The fourth-order valence-electron chi connectivity index (χ4n) is 2.27. The van der Waals surface area contributed by atoms with Gasteiger partial charge in [-0.15, -0.1) is 24.0 Å². The maximum absolute atomic E-state index is 12.0. The fraction of sp³-hybridized carbons (Fsp3) is 0.389. The molecule has 0 aliphatic carbocycles. The first-order chi connectivity index (χ1) is 12.7. The molecule has 0 fully saturated rings. The van der Waals surface area contributed by atoms with Crippen LogP contribution in [-0.4, -0.2) is 52.9 Å². The second-order valence-corrected chi connectivity index (χ2v) is 5.61. The van der Waals surface area contributed by atoms with Gasteiger partial charge in [0.1, 0.15) is 5.75 Å². The van der Waals surface area contributed by atoms with E-state index >= 15 is 0 Å². The van der Waals surface area contributed by atoms with Gasteiger partial charge in [-0.05, 0) is 43.7 Å². The summed E-state index contributed by atoms with van der Waals surface area (Å²) in [6.07, 6.45) is 4.60. The van der Waals surface area contributed by atoms with Gasteiger partial charge in [-0.1, -0.05) is 0 Å². The Morgan fingerprint density at radius 3 is 2.59 bits per heavy atom. The van der Waals surface area contributed by atoms with Crippen molar-refractivity contribution in [1.82, 2.24) is 25.7 Å². The number of carbonyl (C=O) groups is 1. The summed E-state index contributed by atoms with van der Waals surface area (Å²) in [5.74, 6) is 0.696. The van der Waals surface area contributed by atoms with E-state index in [1.54, 1.807) is 18.3 Å². The Hall–Kier alpha value is -2.30. The van der Waals surface area contributed by atoms with Crippen molar-refractivity contribution in [2.24, 2.45) is 4.99 Å². The highest BCUT2D eigenvalue weighted by Gasteiger charge is 2.04. The first kappa shape index (κ1) is 22.7. The number of aromatic nitrogens is 2. The third-order valence-corrected chi connectivity index (χ3v) is 3.55. The van der Waals surface area contributed by atoms with E-state index in [1.165, 1.54) is 12.1 Å². The van der Waals surface area contributed by atoms with Crippen LogP contribution < -0.4 is 16.0 Å². The number of nitrogens with zero attached hydrogens (tertiary/aromatic N) is 3. The zero-order valence-electron chi connectivity index (χ0n) is 15.4. The van der Waals surface area contributed by atoms with Crippen molar-refractivity contribution < 1.29 is 9.90 Å². The molecule has 1 heterocycles. The Bertz CT molecular complexity index is 688. The van der Waals surface area contributed by atoms with Crippen LogP contribution in [0.25, 0.3) is 0 Å². The number of phenolic OH excluding ortho intramolecular Hbond substituents is 1. The number of rotatable bonds is 9. The molecule has 0 spiro atoms. The summed E-state index contributed by atoms with van der Waals surface area (Å²) in [7, 11) is 0. The molecule has 0 radical (unpaired) electrons. The topological polar surface area (TPSA) is 104 Å². The molecular weight excluding hydrogens is 459 g/mol. The second kappa shape index (κ2) is 13.0. The van der Waals surface area contributed by atoms with Crippen LogP contribution in [0.1, 0.15) is 23.7 Å². The predicted octanol–water partition coefficient (Wildman–Crippen LogP) is 1.58. The molecule has 1 amide bonds. The number of benzene rings is 1. The molecule has 4 N–H and O–H groups in total. The molecule has 0 aliphatic rings. The Morgan fingerprint density at radius 1 is 1.19 bits per heavy atom.